The van der Waals surface area contributed by atoms with Gasteiger partial charge in [-0.1, -0.05) is 16.8 Å². The molecule has 1 aliphatic heterocycles. The normalized spacial score (nSPS) is 17.2. The van der Waals surface area contributed by atoms with Crippen molar-refractivity contribution in [2.45, 2.75) is 25.8 Å². The van der Waals surface area contributed by atoms with Gasteiger partial charge in [-0.3, -0.25) is 0 Å². The average Bonchev–Trinajstić information content (AvgIpc) is 3.15. The third kappa shape index (κ3) is 3.31. The minimum atomic E-state index is -0.190. The van der Waals surface area contributed by atoms with Crippen LogP contribution in [0.1, 0.15) is 30.6 Å². The highest BCUT2D eigenvalue weighted by Gasteiger charge is 2.33. The van der Waals surface area contributed by atoms with Crippen LogP contribution in [0.25, 0.3) is 0 Å². The first-order valence-electron chi connectivity index (χ1n) is 7.80. The van der Waals surface area contributed by atoms with Crippen LogP contribution in [0.15, 0.2) is 22.7 Å². The van der Waals surface area contributed by atoms with E-state index in [0.717, 1.165) is 18.5 Å². The summed E-state index contributed by atoms with van der Waals surface area (Å²) in [7, 11) is 3.83. The molecule has 2 heterocycles. The first-order chi connectivity index (χ1) is 11.5. The number of rotatable bonds is 3. The molecule has 7 nitrogen and oxygen atoms in total. The predicted molar refractivity (Wildman–Crippen MR) is 92.5 cm³/mol. The standard InChI is InChI=1S/C16H20ClN5O2/c1-10-18-15(20-24-10)14-5-4-8-22(14)16(23)19-12-9-11(17)6-7-13(12)21(2)3/h6-7,9,14H,4-5,8H2,1-3H3,(H,19,23)/t14-/m1/s1. The zero-order valence-electron chi connectivity index (χ0n) is 13.9. The summed E-state index contributed by atoms with van der Waals surface area (Å²) in [5.41, 5.74) is 1.56. The van der Waals surface area contributed by atoms with E-state index in [4.69, 9.17) is 16.1 Å². The Morgan fingerprint density at radius 2 is 2.25 bits per heavy atom. The Balaban J connectivity index is 1.81. The summed E-state index contributed by atoms with van der Waals surface area (Å²) in [5, 5.41) is 7.49. The van der Waals surface area contributed by atoms with Crippen LogP contribution < -0.4 is 10.2 Å². The highest BCUT2D eigenvalue weighted by atomic mass is 35.5. The van der Waals surface area contributed by atoms with Crippen molar-refractivity contribution < 1.29 is 9.32 Å². The number of nitrogens with one attached hydrogen (secondary N) is 1. The molecule has 0 bridgehead atoms. The van der Waals surface area contributed by atoms with Crippen LogP contribution in [0.2, 0.25) is 5.02 Å². The van der Waals surface area contributed by atoms with Crippen LogP contribution in [0.5, 0.6) is 0 Å². The van der Waals surface area contributed by atoms with Crippen LogP contribution in [0, 0.1) is 6.92 Å². The van der Waals surface area contributed by atoms with Crippen molar-refractivity contribution >= 4 is 29.0 Å². The summed E-state index contributed by atoms with van der Waals surface area (Å²) < 4.78 is 5.05. The Kier molecular flexibility index (Phi) is 4.62. The van der Waals surface area contributed by atoms with E-state index in [1.54, 1.807) is 24.0 Å². The summed E-state index contributed by atoms with van der Waals surface area (Å²) >= 11 is 6.08. The Morgan fingerprint density at radius 1 is 1.46 bits per heavy atom. The quantitative estimate of drug-likeness (QED) is 0.918. The molecule has 1 atom stereocenters. The number of amides is 2. The first-order valence-corrected chi connectivity index (χ1v) is 8.18. The number of carbonyl (C=O) groups is 1. The summed E-state index contributed by atoms with van der Waals surface area (Å²) in [4.78, 5) is 20.7. The summed E-state index contributed by atoms with van der Waals surface area (Å²) in [5.74, 6) is 1.06. The second-order valence-corrected chi connectivity index (χ2v) is 6.45. The van der Waals surface area contributed by atoms with Gasteiger partial charge in [0.25, 0.3) is 0 Å². The number of urea groups is 1. The number of aryl methyl sites for hydroxylation is 1. The molecule has 3 rings (SSSR count). The Hall–Kier alpha value is -2.28. The summed E-state index contributed by atoms with van der Waals surface area (Å²) in [6.45, 7) is 2.40. The van der Waals surface area contributed by atoms with Gasteiger partial charge < -0.3 is 19.6 Å². The third-order valence-corrected chi connectivity index (χ3v) is 4.27. The van der Waals surface area contributed by atoms with Gasteiger partial charge in [0.05, 0.1) is 17.4 Å². The van der Waals surface area contributed by atoms with Crippen LogP contribution in [0.4, 0.5) is 16.2 Å². The number of hydrogen-bond donors (Lipinski definition) is 1. The monoisotopic (exact) mass is 349 g/mol. The van der Waals surface area contributed by atoms with Crippen molar-refractivity contribution in [1.82, 2.24) is 15.0 Å². The number of nitrogens with zero attached hydrogens (tertiary/aromatic N) is 4. The first kappa shape index (κ1) is 16.6. The van der Waals surface area contributed by atoms with E-state index in [0.29, 0.717) is 29.0 Å². The molecule has 1 fully saturated rings. The van der Waals surface area contributed by atoms with E-state index < -0.39 is 0 Å². The van der Waals surface area contributed by atoms with E-state index in [1.807, 2.05) is 25.1 Å². The molecule has 8 heteroatoms. The number of benzene rings is 1. The molecule has 1 N–H and O–H groups in total. The lowest BCUT2D eigenvalue weighted by atomic mass is 10.2. The van der Waals surface area contributed by atoms with Gasteiger partial charge in [-0.05, 0) is 31.0 Å². The van der Waals surface area contributed by atoms with E-state index in [2.05, 4.69) is 15.5 Å². The number of aromatic nitrogens is 2. The van der Waals surface area contributed by atoms with Crippen molar-refractivity contribution in [3.63, 3.8) is 0 Å². The Labute approximate surface area is 145 Å². The minimum absolute atomic E-state index is 0.163. The van der Waals surface area contributed by atoms with E-state index >= 15 is 0 Å². The largest absolute Gasteiger partial charge is 0.376 e. The molecular formula is C16H20ClN5O2. The lowest BCUT2D eigenvalue weighted by Gasteiger charge is -2.24. The van der Waals surface area contributed by atoms with E-state index in [-0.39, 0.29) is 12.1 Å². The average molecular weight is 350 g/mol. The SMILES string of the molecule is Cc1nc([C@H]2CCCN2C(=O)Nc2cc(Cl)ccc2N(C)C)no1. The van der Waals surface area contributed by atoms with Crippen molar-refractivity contribution in [2.24, 2.45) is 0 Å². The van der Waals surface area contributed by atoms with E-state index in [9.17, 15) is 4.79 Å². The van der Waals surface area contributed by atoms with Crippen molar-refractivity contribution in [3.8, 4) is 0 Å². The molecule has 24 heavy (non-hydrogen) atoms. The maximum Gasteiger partial charge on any atom is 0.322 e. The maximum atomic E-state index is 12.8. The topological polar surface area (TPSA) is 74.5 Å². The van der Waals surface area contributed by atoms with E-state index in [1.165, 1.54) is 0 Å². The molecule has 0 unspecified atom stereocenters. The molecule has 0 spiro atoms. The van der Waals surface area contributed by atoms with Gasteiger partial charge in [0, 0.05) is 32.6 Å². The fourth-order valence-corrected chi connectivity index (χ4v) is 3.09. The van der Waals surface area contributed by atoms with Gasteiger partial charge in [0.1, 0.15) is 0 Å². The lowest BCUT2D eigenvalue weighted by molar-refractivity contribution is 0.204. The molecule has 1 aromatic carbocycles. The molecule has 0 saturated carbocycles. The lowest BCUT2D eigenvalue weighted by Crippen LogP contribution is -2.35. The van der Waals surface area contributed by atoms with Crippen LogP contribution in [0.3, 0.4) is 0 Å². The predicted octanol–water partition coefficient (Wildman–Crippen LogP) is 3.47. The molecule has 1 aromatic heterocycles. The Morgan fingerprint density at radius 3 is 2.92 bits per heavy atom. The molecule has 2 amide bonds. The zero-order chi connectivity index (χ0) is 17.3. The van der Waals surface area contributed by atoms with Crippen LogP contribution >= 0.6 is 11.6 Å². The van der Waals surface area contributed by atoms with Gasteiger partial charge in [0.2, 0.25) is 5.89 Å². The molecule has 128 valence electrons. The highest BCUT2D eigenvalue weighted by Crippen LogP contribution is 2.32. The Bertz CT molecular complexity index is 746. The van der Waals surface area contributed by atoms with Gasteiger partial charge in [0.15, 0.2) is 5.82 Å². The summed E-state index contributed by atoms with van der Waals surface area (Å²) in [6.07, 6.45) is 1.73. The van der Waals surface area contributed by atoms with Gasteiger partial charge in [-0.25, -0.2) is 4.79 Å². The molecule has 1 aliphatic rings. The van der Waals surface area contributed by atoms with Crippen molar-refractivity contribution in [1.29, 1.82) is 0 Å². The number of halogens is 1. The molecule has 0 radical (unpaired) electrons. The number of hydrogen-bond acceptors (Lipinski definition) is 5. The second-order valence-electron chi connectivity index (χ2n) is 6.01. The zero-order valence-corrected chi connectivity index (χ0v) is 14.7. The highest BCUT2D eigenvalue weighted by molar-refractivity contribution is 6.31. The fraction of sp³-hybridized carbons (Fsp3) is 0.438. The second kappa shape index (κ2) is 6.68. The molecule has 1 saturated heterocycles. The van der Waals surface area contributed by atoms with Crippen molar-refractivity contribution in [3.05, 3.63) is 34.9 Å². The number of likely N-dealkylation sites (tertiary alicyclic amines) is 1. The van der Waals surface area contributed by atoms with Crippen LogP contribution in [-0.4, -0.2) is 41.7 Å². The van der Waals surface area contributed by atoms with Gasteiger partial charge >= 0.3 is 6.03 Å². The van der Waals surface area contributed by atoms with Crippen molar-refractivity contribution in [2.75, 3.05) is 30.9 Å². The maximum absolute atomic E-state index is 12.8. The molecule has 2 aromatic rings. The minimum Gasteiger partial charge on any atom is -0.376 e. The number of carbonyl (C=O) groups excluding carboxylic acids is 1. The smallest absolute Gasteiger partial charge is 0.322 e. The van der Waals surface area contributed by atoms with Crippen LogP contribution in [-0.2, 0) is 0 Å². The van der Waals surface area contributed by atoms with Gasteiger partial charge in [-0.2, -0.15) is 4.98 Å². The molecular weight excluding hydrogens is 330 g/mol. The number of anilines is 2. The van der Waals surface area contributed by atoms with Gasteiger partial charge in [-0.15, -0.1) is 0 Å². The molecule has 0 aliphatic carbocycles. The third-order valence-electron chi connectivity index (χ3n) is 4.04. The fourth-order valence-electron chi connectivity index (χ4n) is 2.91. The summed E-state index contributed by atoms with van der Waals surface area (Å²) in [6, 6.07) is 5.07.